The van der Waals surface area contributed by atoms with E-state index in [1.54, 1.807) is 4.90 Å². The van der Waals surface area contributed by atoms with Crippen molar-refractivity contribution in [2.45, 2.75) is 82.2 Å². The molecule has 0 saturated carbocycles. The highest BCUT2D eigenvalue weighted by Gasteiger charge is 2.39. The number of imide groups is 1. The fourth-order valence-corrected chi connectivity index (χ4v) is 9.31. The zero-order chi connectivity index (χ0) is 36.3. The molecule has 2 fully saturated rings. The van der Waals surface area contributed by atoms with Crippen molar-refractivity contribution in [2.24, 2.45) is 5.92 Å². The van der Waals surface area contributed by atoms with Gasteiger partial charge in [-0.3, -0.25) is 24.6 Å². The average Bonchev–Trinajstić information content (AvgIpc) is 3.50. The number of aryl methyl sites for hydroxylation is 2. The molecule has 0 radical (unpaired) electrons. The Labute approximate surface area is 312 Å². The van der Waals surface area contributed by atoms with Crippen molar-refractivity contribution in [3.05, 3.63) is 130 Å². The van der Waals surface area contributed by atoms with Gasteiger partial charge < -0.3 is 14.7 Å². The molecular formula is C45H49N3O5. The minimum atomic E-state index is -0.577. The maximum atomic E-state index is 13.1. The van der Waals surface area contributed by atoms with Gasteiger partial charge in [-0.25, -0.2) is 0 Å². The molecule has 0 spiro atoms. The molecule has 8 rings (SSSR count). The number of aromatic hydroxyl groups is 1. The van der Waals surface area contributed by atoms with Crippen LogP contribution >= 0.6 is 0 Å². The molecule has 0 unspecified atom stereocenters. The maximum Gasteiger partial charge on any atom is 0.255 e. The van der Waals surface area contributed by atoms with E-state index in [9.17, 15) is 19.5 Å². The summed E-state index contributed by atoms with van der Waals surface area (Å²) in [6, 6.07) is 30.9. The largest absolute Gasteiger partial charge is 0.508 e. The molecule has 53 heavy (non-hydrogen) atoms. The molecule has 274 valence electrons. The second-order valence-corrected chi connectivity index (χ2v) is 15.4. The molecule has 3 amide bonds. The van der Waals surface area contributed by atoms with Gasteiger partial charge in [0.2, 0.25) is 11.8 Å². The van der Waals surface area contributed by atoms with Crippen LogP contribution in [0.4, 0.5) is 0 Å². The topological polar surface area (TPSA) is 99.2 Å². The van der Waals surface area contributed by atoms with Crippen LogP contribution in [0, 0.1) is 5.92 Å². The van der Waals surface area contributed by atoms with Crippen molar-refractivity contribution in [3.63, 3.8) is 0 Å². The lowest BCUT2D eigenvalue weighted by Gasteiger charge is -2.35. The summed E-state index contributed by atoms with van der Waals surface area (Å²) >= 11 is 0. The van der Waals surface area contributed by atoms with E-state index in [0.717, 1.165) is 56.6 Å². The number of carbonyl (C=O) groups is 3. The van der Waals surface area contributed by atoms with Crippen molar-refractivity contribution in [1.29, 1.82) is 0 Å². The molecule has 4 aromatic rings. The minimum Gasteiger partial charge on any atom is -0.508 e. The number of ether oxygens (including phenoxy) is 1. The fraction of sp³-hybridized carbons (Fsp3) is 0.400. The Kier molecular flexibility index (Phi) is 10.3. The molecule has 2 N–H and O–H groups in total. The number of piperidine rings is 2. The molecule has 3 aliphatic heterocycles. The number of nitrogens with one attached hydrogen (secondary N) is 1. The van der Waals surface area contributed by atoms with E-state index in [0.29, 0.717) is 42.7 Å². The van der Waals surface area contributed by atoms with Crippen LogP contribution in [-0.2, 0) is 29.0 Å². The molecule has 4 aromatic carbocycles. The highest BCUT2D eigenvalue weighted by atomic mass is 16.5. The molecule has 8 heteroatoms. The van der Waals surface area contributed by atoms with Crippen molar-refractivity contribution < 1.29 is 24.2 Å². The summed E-state index contributed by atoms with van der Waals surface area (Å²) in [7, 11) is 0. The number of rotatable bonds is 11. The van der Waals surface area contributed by atoms with Gasteiger partial charge in [0.15, 0.2) is 0 Å². The van der Waals surface area contributed by atoms with Crippen LogP contribution in [0.15, 0.2) is 91.0 Å². The molecule has 0 aromatic heterocycles. The van der Waals surface area contributed by atoms with Gasteiger partial charge in [-0.05, 0) is 133 Å². The summed E-state index contributed by atoms with van der Waals surface area (Å²) in [6.07, 6.45) is 8.36. The van der Waals surface area contributed by atoms with Gasteiger partial charge in [0.05, 0.1) is 0 Å². The first kappa shape index (κ1) is 35.1. The summed E-state index contributed by atoms with van der Waals surface area (Å²) in [5, 5.41) is 12.6. The molecule has 1 aliphatic carbocycles. The van der Waals surface area contributed by atoms with Crippen LogP contribution in [0.3, 0.4) is 0 Å². The van der Waals surface area contributed by atoms with Gasteiger partial charge in [0.25, 0.3) is 5.91 Å². The number of fused-ring (bicyclic) bond motifs is 2. The van der Waals surface area contributed by atoms with Gasteiger partial charge >= 0.3 is 0 Å². The smallest absolute Gasteiger partial charge is 0.255 e. The average molecular weight is 712 g/mol. The number of amides is 3. The van der Waals surface area contributed by atoms with Crippen LogP contribution < -0.4 is 10.1 Å². The molecular weight excluding hydrogens is 663 g/mol. The standard InChI is InChI=1S/C45H49N3O5/c49-36-15-20-39-34(27-36)14-19-38(32-9-2-1-3-10-32)43(39)33-12-16-37(17-13-33)53-25-24-47-23-5-8-31(28-47)7-4-6-30-11-18-40-35(26-30)29-48(45(40)52)41-21-22-42(50)46-44(41)51/h1-3,9-13,15-18,20,26-27,31,38,41,43,49H,4-8,14,19,21-25,28-29H2,(H,46,50,51)/t31-,38-,41+,43+/m1/s1. The van der Waals surface area contributed by atoms with Crippen LogP contribution in [0.5, 0.6) is 11.5 Å². The normalized spacial score (nSPS) is 23.0. The van der Waals surface area contributed by atoms with Crippen LogP contribution in [-0.4, -0.2) is 64.9 Å². The number of carbonyl (C=O) groups excluding carboxylic acids is 3. The van der Waals surface area contributed by atoms with Gasteiger partial charge in [0.1, 0.15) is 24.1 Å². The SMILES string of the molecule is O=C1CC[C@H](N2Cc3cc(CCC[C@@H]4CCCN(CCOc5ccc([C@@H]6c7ccc(O)cc7CC[C@@H]6c6ccccc6)cc5)C4)ccc3C2=O)C(=O)N1. The quantitative estimate of drug-likeness (QED) is 0.161. The molecule has 2 saturated heterocycles. The van der Waals surface area contributed by atoms with Gasteiger partial charge in [-0.1, -0.05) is 60.7 Å². The monoisotopic (exact) mass is 711 g/mol. The summed E-state index contributed by atoms with van der Waals surface area (Å²) < 4.78 is 6.28. The number of phenolic OH excluding ortho intramolecular Hbond substituents is 1. The van der Waals surface area contributed by atoms with Crippen molar-refractivity contribution in [2.75, 3.05) is 26.2 Å². The zero-order valence-electron chi connectivity index (χ0n) is 30.3. The lowest BCUT2D eigenvalue weighted by atomic mass is 9.69. The summed E-state index contributed by atoms with van der Waals surface area (Å²) in [5.74, 6) is 1.75. The van der Waals surface area contributed by atoms with E-state index in [1.165, 1.54) is 47.1 Å². The predicted octanol–water partition coefficient (Wildman–Crippen LogP) is 7.13. The van der Waals surface area contributed by atoms with Gasteiger partial charge in [-0.2, -0.15) is 0 Å². The third-order valence-corrected chi connectivity index (χ3v) is 12.0. The van der Waals surface area contributed by atoms with Crippen molar-refractivity contribution in [1.82, 2.24) is 15.1 Å². The van der Waals surface area contributed by atoms with Crippen LogP contribution in [0.25, 0.3) is 0 Å². The Bertz CT molecular complexity index is 1960. The predicted molar refractivity (Wildman–Crippen MR) is 204 cm³/mol. The van der Waals surface area contributed by atoms with E-state index >= 15 is 0 Å². The lowest BCUT2D eigenvalue weighted by Crippen LogP contribution is -2.52. The van der Waals surface area contributed by atoms with E-state index < -0.39 is 6.04 Å². The lowest BCUT2D eigenvalue weighted by molar-refractivity contribution is -0.136. The summed E-state index contributed by atoms with van der Waals surface area (Å²) in [5.41, 5.74) is 8.07. The first-order valence-electron chi connectivity index (χ1n) is 19.5. The number of hydrogen-bond acceptors (Lipinski definition) is 6. The summed E-state index contributed by atoms with van der Waals surface area (Å²) in [6.45, 7) is 4.20. The van der Waals surface area contributed by atoms with Gasteiger partial charge in [0, 0.05) is 37.5 Å². The molecule has 0 bridgehead atoms. The van der Waals surface area contributed by atoms with Crippen LogP contribution in [0.2, 0.25) is 0 Å². The van der Waals surface area contributed by atoms with E-state index in [1.807, 2.05) is 18.2 Å². The Morgan fingerprint density at radius 2 is 1.68 bits per heavy atom. The molecule has 8 nitrogen and oxygen atoms in total. The van der Waals surface area contributed by atoms with Gasteiger partial charge in [-0.15, -0.1) is 0 Å². The fourth-order valence-electron chi connectivity index (χ4n) is 9.31. The highest BCUT2D eigenvalue weighted by Crippen LogP contribution is 2.47. The Hall–Kier alpha value is -4.95. The molecule has 4 aliphatic rings. The second kappa shape index (κ2) is 15.6. The minimum absolute atomic E-state index is 0.116. The van der Waals surface area contributed by atoms with Crippen molar-refractivity contribution in [3.8, 4) is 11.5 Å². The van der Waals surface area contributed by atoms with E-state index in [4.69, 9.17) is 4.74 Å². The number of hydrogen-bond donors (Lipinski definition) is 2. The number of nitrogens with zero attached hydrogens (tertiary/aromatic N) is 2. The highest BCUT2D eigenvalue weighted by molar-refractivity contribution is 6.05. The number of benzene rings is 4. The molecule has 4 atom stereocenters. The van der Waals surface area contributed by atoms with Crippen molar-refractivity contribution >= 4 is 17.7 Å². The van der Waals surface area contributed by atoms with Crippen LogP contribution in [0.1, 0.15) is 101 Å². The third-order valence-electron chi connectivity index (χ3n) is 12.0. The summed E-state index contributed by atoms with van der Waals surface area (Å²) in [4.78, 5) is 41.2. The first-order chi connectivity index (χ1) is 25.9. The van der Waals surface area contributed by atoms with E-state index in [-0.39, 0.29) is 30.1 Å². The Morgan fingerprint density at radius 1 is 0.830 bits per heavy atom. The van der Waals surface area contributed by atoms with E-state index in [2.05, 4.69) is 83.0 Å². The third kappa shape index (κ3) is 7.74. The Balaban J connectivity index is 0.811. The number of phenols is 1. The Morgan fingerprint density at radius 3 is 2.51 bits per heavy atom. The molecule has 3 heterocycles. The zero-order valence-corrected chi connectivity index (χ0v) is 30.3. The number of likely N-dealkylation sites (tertiary alicyclic amines) is 1. The first-order valence-corrected chi connectivity index (χ1v) is 19.5. The second-order valence-electron chi connectivity index (χ2n) is 15.4. The maximum absolute atomic E-state index is 13.1.